The maximum atomic E-state index is 5.71. The molecular weight excluding hydrogens is 274 g/mol. The minimum Gasteiger partial charge on any atom is -0.465 e. The number of aryl methyl sites for hydroxylation is 1. The van der Waals surface area contributed by atoms with E-state index in [0.717, 1.165) is 30.0 Å². The first-order chi connectivity index (χ1) is 10.6. The van der Waals surface area contributed by atoms with Crippen molar-refractivity contribution in [2.75, 3.05) is 46.3 Å². The molecule has 22 heavy (non-hydrogen) atoms. The molecule has 0 unspecified atom stereocenters. The van der Waals surface area contributed by atoms with E-state index in [-0.39, 0.29) is 0 Å². The summed E-state index contributed by atoms with van der Waals surface area (Å²) in [7, 11) is 2.23. The van der Waals surface area contributed by atoms with Crippen LogP contribution in [0.1, 0.15) is 31.3 Å². The second kappa shape index (κ2) is 7.16. The topological polar surface area (TPSA) is 22.9 Å². The van der Waals surface area contributed by atoms with E-state index in [0.29, 0.717) is 0 Å². The highest BCUT2D eigenvalue weighted by molar-refractivity contribution is 5.05. The highest BCUT2D eigenvalue weighted by atomic mass is 16.3. The Morgan fingerprint density at radius 1 is 1.09 bits per heavy atom. The zero-order valence-corrected chi connectivity index (χ0v) is 14.4. The Balaban J connectivity index is 1.45. The van der Waals surface area contributed by atoms with Crippen molar-refractivity contribution in [1.82, 2.24) is 14.7 Å². The Kier molecular flexibility index (Phi) is 5.21. The second-order valence-corrected chi connectivity index (χ2v) is 7.21. The fourth-order valence-electron chi connectivity index (χ4n) is 3.91. The monoisotopic (exact) mass is 305 g/mol. The molecule has 1 atom stereocenters. The van der Waals surface area contributed by atoms with Gasteiger partial charge in [0.25, 0.3) is 0 Å². The van der Waals surface area contributed by atoms with E-state index in [4.69, 9.17) is 4.42 Å². The number of nitrogens with zero attached hydrogens (tertiary/aromatic N) is 3. The van der Waals surface area contributed by atoms with Gasteiger partial charge in [-0.25, -0.2) is 0 Å². The summed E-state index contributed by atoms with van der Waals surface area (Å²) in [6, 6.07) is 4.92. The molecule has 1 aromatic rings. The molecule has 0 N–H and O–H groups in total. The Hall–Kier alpha value is -0.840. The molecule has 0 amide bonds. The van der Waals surface area contributed by atoms with Crippen molar-refractivity contribution >= 4 is 0 Å². The zero-order chi connectivity index (χ0) is 15.5. The fraction of sp³-hybridized carbons (Fsp3) is 0.778. The number of rotatable bonds is 4. The first-order valence-corrected chi connectivity index (χ1v) is 8.82. The zero-order valence-electron chi connectivity index (χ0n) is 14.4. The molecule has 2 aliphatic heterocycles. The molecule has 124 valence electrons. The van der Waals surface area contributed by atoms with Crippen LogP contribution < -0.4 is 0 Å². The number of hydrogen-bond donors (Lipinski definition) is 0. The average molecular weight is 305 g/mol. The van der Waals surface area contributed by atoms with Gasteiger partial charge in [0, 0.05) is 32.2 Å². The number of likely N-dealkylation sites (N-methyl/N-ethyl adjacent to an activating group) is 1. The lowest BCUT2D eigenvalue weighted by Gasteiger charge is -2.42. The summed E-state index contributed by atoms with van der Waals surface area (Å²) in [6.07, 6.45) is 2.65. The summed E-state index contributed by atoms with van der Waals surface area (Å²) < 4.78 is 5.71. The third-order valence-electron chi connectivity index (χ3n) is 5.60. The molecule has 4 heteroatoms. The lowest BCUT2D eigenvalue weighted by atomic mass is 9.89. The molecule has 1 aromatic heterocycles. The van der Waals surface area contributed by atoms with Gasteiger partial charge >= 0.3 is 0 Å². The van der Waals surface area contributed by atoms with Crippen molar-refractivity contribution in [3.63, 3.8) is 0 Å². The molecule has 0 spiro atoms. The highest BCUT2D eigenvalue weighted by Gasteiger charge is 2.29. The molecule has 3 rings (SSSR count). The molecule has 0 aliphatic carbocycles. The summed E-state index contributed by atoms with van der Waals surface area (Å²) in [5.41, 5.74) is 0. The molecular formula is C18H31N3O. The summed E-state index contributed by atoms with van der Waals surface area (Å²) >= 11 is 0. The van der Waals surface area contributed by atoms with Gasteiger partial charge in [-0.05, 0) is 64.9 Å². The maximum absolute atomic E-state index is 5.71. The van der Waals surface area contributed by atoms with Gasteiger partial charge in [0.05, 0.1) is 6.54 Å². The lowest BCUT2D eigenvalue weighted by molar-refractivity contribution is 0.0584. The number of hydrogen-bond acceptors (Lipinski definition) is 4. The molecule has 2 saturated heterocycles. The van der Waals surface area contributed by atoms with Crippen LogP contribution in [-0.4, -0.2) is 67.1 Å². The third kappa shape index (κ3) is 3.92. The van der Waals surface area contributed by atoms with E-state index >= 15 is 0 Å². The van der Waals surface area contributed by atoms with Crippen molar-refractivity contribution in [1.29, 1.82) is 0 Å². The van der Waals surface area contributed by atoms with Crippen molar-refractivity contribution < 1.29 is 4.42 Å². The molecule has 3 heterocycles. The molecule has 4 nitrogen and oxygen atoms in total. The first-order valence-electron chi connectivity index (χ1n) is 8.82. The van der Waals surface area contributed by atoms with Crippen LogP contribution in [0.25, 0.3) is 0 Å². The van der Waals surface area contributed by atoms with Crippen molar-refractivity contribution in [3.05, 3.63) is 23.7 Å². The Morgan fingerprint density at radius 3 is 2.36 bits per heavy atom. The predicted molar refractivity (Wildman–Crippen MR) is 90.0 cm³/mol. The summed E-state index contributed by atoms with van der Waals surface area (Å²) in [6.45, 7) is 12.8. The molecule has 2 aliphatic rings. The van der Waals surface area contributed by atoms with Crippen LogP contribution in [0.4, 0.5) is 0 Å². The van der Waals surface area contributed by atoms with Crippen molar-refractivity contribution in [2.45, 2.75) is 39.3 Å². The van der Waals surface area contributed by atoms with E-state index < -0.39 is 0 Å². The molecule has 0 aromatic carbocycles. The van der Waals surface area contributed by atoms with Gasteiger partial charge < -0.3 is 9.32 Å². The fourth-order valence-corrected chi connectivity index (χ4v) is 3.91. The van der Waals surface area contributed by atoms with E-state index in [1.807, 2.05) is 6.92 Å². The minimum atomic E-state index is 0.738. The van der Waals surface area contributed by atoms with Crippen molar-refractivity contribution in [2.24, 2.45) is 5.92 Å². The SMILES string of the molecule is Cc1ccc(CN2CCC([C@@H](C)N3CCN(C)CC3)CC2)o1. The van der Waals surface area contributed by atoms with Crippen LogP contribution in [0.5, 0.6) is 0 Å². The standard InChI is InChI=1S/C18H31N3O/c1-15-4-5-18(22-15)14-20-8-6-17(7-9-20)16(2)21-12-10-19(3)11-13-21/h4-5,16-17H,6-14H2,1-3H3/t16-/m1/s1. The van der Waals surface area contributed by atoms with Crippen LogP contribution in [0.2, 0.25) is 0 Å². The third-order valence-corrected chi connectivity index (χ3v) is 5.60. The molecule has 0 saturated carbocycles. The van der Waals surface area contributed by atoms with Gasteiger partial charge in [0.2, 0.25) is 0 Å². The first kappa shape index (κ1) is 16.0. The van der Waals surface area contributed by atoms with E-state index in [1.54, 1.807) is 0 Å². The Morgan fingerprint density at radius 2 is 1.77 bits per heavy atom. The van der Waals surface area contributed by atoms with Crippen LogP contribution in [0.3, 0.4) is 0 Å². The molecule has 0 radical (unpaired) electrons. The van der Waals surface area contributed by atoms with Gasteiger partial charge in [0.15, 0.2) is 0 Å². The van der Waals surface area contributed by atoms with E-state index in [1.165, 1.54) is 52.1 Å². The van der Waals surface area contributed by atoms with E-state index in [9.17, 15) is 0 Å². The van der Waals surface area contributed by atoms with Crippen LogP contribution in [0.15, 0.2) is 16.5 Å². The van der Waals surface area contributed by atoms with Gasteiger partial charge in [0.1, 0.15) is 11.5 Å². The normalized spacial score (nSPS) is 24.7. The average Bonchev–Trinajstić information content (AvgIpc) is 2.93. The number of piperidine rings is 1. The molecule has 2 fully saturated rings. The lowest BCUT2D eigenvalue weighted by Crippen LogP contribution is -2.51. The largest absolute Gasteiger partial charge is 0.465 e. The molecule has 0 bridgehead atoms. The van der Waals surface area contributed by atoms with E-state index in [2.05, 4.69) is 40.8 Å². The number of furan rings is 1. The quantitative estimate of drug-likeness (QED) is 0.852. The van der Waals surface area contributed by atoms with Gasteiger partial charge in [-0.2, -0.15) is 0 Å². The van der Waals surface area contributed by atoms with Gasteiger partial charge in [-0.3, -0.25) is 9.80 Å². The maximum Gasteiger partial charge on any atom is 0.118 e. The predicted octanol–water partition coefficient (Wildman–Crippen LogP) is 2.44. The Labute approximate surface area is 135 Å². The summed E-state index contributed by atoms with van der Waals surface area (Å²) in [4.78, 5) is 7.69. The number of likely N-dealkylation sites (tertiary alicyclic amines) is 1. The van der Waals surface area contributed by atoms with Gasteiger partial charge in [-0.15, -0.1) is 0 Å². The minimum absolute atomic E-state index is 0.738. The van der Waals surface area contributed by atoms with Crippen LogP contribution in [0, 0.1) is 12.8 Å². The van der Waals surface area contributed by atoms with Crippen molar-refractivity contribution in [3.8, 4) is 0 Å². The Bertz CT molecular complexity index is 457. The highest BCUT2D eigenvalue weighted by Crippen LogP contribution is 2.25. The summed E-state index contributed by atoms with van der Waals surface area (Å²) in [5, 5.41) is 0. The van der Waals surface area contributed by atoms with Crippen LogP contribution in [-0.2, 0) is 6.54 Å². The van der Waals surface area contributed by atoms with Gasteiger partial charge in [-0.1, -0.05) is 0 Å². The summed E-state index contributed by atoms with van der Waals surface area (Å²) in [5.74, 6) is 3.00. The smallest absolute Gasteiger partial charge is 0.118 e. The number of piperazine rings is 1. The second-order valence-electron chi connectivity index (χ2n) is 7.21. The van der Waals surface area contributed by atoms with Crippen LogP contribution >= 0.6 is 0 Å².